The second-order valence-electron chi connectivity index (χ2n) is 48.6. The van der Waals surface area contributed by atoms with Gasteiger partial charge in [-0.25, -0.2) is 0 Å². The number of phenols is 2. The SMILES string of the molecule is CC(C)Br.CC(C)Oc1cc(Br)cc(OC(C)C)c1.CC(C)Oc1cc(I)cc(OC(C)C)c1.CC(C)Oc1cc(OC[C@@H]2[C@@]3(C)CCCC(C)(C)[C@@H]3CC[C@@]2(C)O)cc(OC(C)C)c1.CC(C)Oc1cc2c(c(OC(C)C)c1)[C@]1(C)CC[C@H]3C(C)(C)CCC[C@]3(C)[C@H]1CO2.CC1(C)CCC[C@]2(C)[C@@H](CO)[C@](C)(O)CC[C@@H]12.COc1cc(Br)cc(OC)c1.Cc1cnc2c(ccc3c(C)c(C)cnc32)c1C.Oc1cc(O)cc(Br)c1. The minimum absolute atomic E-state index is 0.0355. The van der Waals surface area contributed by atoms with Gasteiger partial charge in [0.1, 0.15) is 80.5 Å². The number of methoxy groups -OCH3 is 2. The molecule has 7 aromatic carbocycles. The summed E-state index contributed by atoms with van der Waals surface area (Å²) in [7, 11) is 3.25. The van der Waals surface area contributed by atoms with Crippen LogP contribution in [0.2, 0.25) is 0 Å². The minimum atomic E-state index is -0.720. The Morgan fingerprint density at radius 1 is 0.380 bits per heavy atom. The number of phenolic OH excluding ortho intramolecular Hbond substituents is 2. The highest BCUT2D eigenvalue weighted by atomic mass is 127. The minimum Gasteiger partial charge on any atom is -0.508 e. The number of halogens is 5. The summed E-state index contributed by atoms with van der Waals surface area (Å²) < 4.78 is 73.5. The van der Waals surface area contributed by atoms with Crippen LogP contribution in [-0.2, 0) is 5.41 Å². The number of alkyl halides is 1. The van der Waals surface area contributed by atoms with Crippen molar-refractivity contribution in [2.45, 2.75) is 402 Å². The summed E-state index contributed by atoms with van der Waals surface area (Å²) in [5.74, 6) is 12.8. The predicted octanol–water partition coefficient (Wildman–Crippen LogP) is 34.8. The smallest absolute Gasteiger partial charge is 0.130 e. The van der Waals surface area contributed by atoms with Crippen LogP contribution in [0, 0.1) is 99.3 Å². The quantitative estimate of drug-likeness (QED) is 0.0241. The molecule has 0 amide bonds. The first-order valence-corrected chi connectivity index (χ1v) is 59.0. The summed E-state index contributed by atoms with van der Waals surface area (Å²) in [6, 6.07) is 35.9. The first-order valence-electron chi connectivity index (χ1n) is 54.7. The Hall–Kier alpha value is -6.91. The second kappa shape index (κ2) is 55.3. The third-order valence-electron chi connectivity index (χ3n) is 31.5. The van der Waals surface area contributed by atoms with Crippen LogP contribution in [0.3, 0.4) is 0 Å². The van der Waals surface area contributed by atoms with Crippen LogP contribution in [0.25, 0.3) is 21.8 Å². The zero-order valence-electron chi connectivity index (χ0n) is 97.4. The lowest BCUT2D eigenvalue weighted by molar-refractivity contribution is -0.178. The number of aliphatic hydroxyl groups is 3. The number of hydrogen-bond acceptors (Lipinski definition) is 19. The molecule has 0 unspecified atom stereocenters. The fourth-order valence-corrected chi connectivity index (χ4v) is 27.1. The Kier molecular flexibility index (Phi) is 47.3. The molecule has 0 radical (unpaired) electrons. The number of aryl methyl sites for hydroxylation is 4. The van der Waals surface area contributed by atoms with E-state index < -0.39 is 11.2 Å². The van der Waals surface area contributed by atoms with E-state index in [0.717, 1.165) is 144 Å². The lowest BCUT2D eigenvalue weighted by Crippen LogP contribution is -2.59. The molecule has 0 saturated heterocycles. The van der Waals surface area contributed by atoms with E-state index in [4.69, 9.17) is 67.1 Å². The van der Waals surface area contributed by atoms with Gasteiger partial charge in [0.15, 0.2) is 0 Å². The summed E-state index contributed by atoms with van der Waals surface area (Å²) in [6.07, 6.45) is 22.7. The van der Waals surface area contributed by atoms with Gasteiger partial charge in [0.2, 0.25) is 0 Å². The van der Waals surface area contributed by atoms with Crippen LogP contribution in [-0.4, -0.2) is 134 Å². The Morgan fingerprint density at radius 2 is 0.693 bits per heavy atom. The summed E-state index contributed by atoms with van der Waals surface area (Å²) in [5.41, 5.74) is 8.61. The highest BCUT2D eigenvalue weighted by Crippen LogP contribution is 2.69. The first kappa shape index (κ1) is 128. The number of ether oxygens (including phenoxy) is 12. The molecule has 3 heterocycles. The first-order chi connectivity index (χ1) is 69.7. The molecule has 6 saturated carbocycles. The van der Waals surface area contributed by atoms with Gasteiger partial charge in [-0.2, -0.15) is 0 Å². The van der Waals surface area contributed by atoms with Crippen LogP contribution in [0.4, 0.5) is 0 Å². The van der Waals surface area contributed by atoms with Crippen molar-refractivity contribution >= 4 is 108 Å². The van der Waals surface area contributed by atoms with Crippen molar-refractivity contribution in [2.75, 3.05) is 34.0 Å². The highest BCUT2D eigenvalue weighted by Gasteiger charge is 2.63. The number of benzene rings is 7. The summed E-state index contributed by atoms with van der Waals surface area (Å²) >= 11 is 15.4. The number of rotatable bonds is 22. The van der Waals surface area contributed by atoms with Gasteiger partial charge in [-0.3, -0.25) is 9.97 Å². The summed E-state index contributed by atoms with van der Waals surface area (Å²) in [6.45, 7) is 74.8. The van der Waals surface area contributed by atoms with Gasteiger partial charge in [0.25, 0.3) is 0 Å². The Labute approximate surface area is 949 Å². The Morgan fingerprint density at radius 3 is 1.06 bits per heavy atom. The number of hydrogen-bond donors (Lipinski definition) is 5. The Bertz CT molecular complexity index is 5490. The van der Waals surface area contributed by atoms with Crippen LogP contribution in [0.5, 0.6) is 80.5 Å². The molecule has 16 rings (SSSR count). The van der Waals surface area contributed by atoms with E-state index in [1.165, 1.54) is 115 Å². The number of nitrogens with zero attached hydrogens (tertiary/aromatic N) is 2. The normalized spacial score (nSPS) is 24.3. The molecule has 9 aromatic rings. The fraction of sp³-hybridized carbons (Fsp3) is 0.619. The molecular weight excluding hydrogens is 2260 g/mol. The number of pyridine rings is 2. The fourth-order valence-electron chi connectivity index (χ4n) is 25.1. The molecule has 24 heteroatoms. The van der Waals surface area contributed by atoms with Crippen molar-refractivity contribution in [3.05, 3.63) is 172 Å². The summed E-state index contributed by atoms with van der Waals surface area (Å²) in [5, 5.41) is 51.7. The van der Waals surface area contributed by atoms with Gasteiger partial charge in [0.05, 0.1) is 98.5 Å². The summed E-state index contributed by atoms with van der Waals surface area (Å²) in [4.78, 5) is 9.80. The monoisotopic (exact) mass is 2440 g/mol. The average Bonchev–Trinajstić information content (AvgIpc) is 0.696. The molecule has 0 spiro atoms. The maximum absolute atomic E-state index is 11.4. The van der Waals surface area contributed by atoms with Crippen molar-refractivity contribution in [1.29, 1.82) is 0 Å². The zero-order valence-corrected chi connectivity index (χ0v) is 106. The van der Waals surface area contributed by atoms with E-state index in [1.807, 2.05) is 182 Å². The van der Waals surface area contributed by atoms with Crippen LogP contribution in [0.15, 0.2) is 141 Å². The third-order valence-corrected chi connectivity index (χ3v) is 33.5. The maximum atomic E-state index is 11.4. The maximum Gasteiger partial charge on any atom is 0.130 e. The van der Waals surface area contributed by atoms with Crippen molar-refractivity contribution in [3.63, 3.8) is 0 Å². The number of aromatic hydroxyl groups is 2. The highest BCUT2D eigenvalue weighted by molar-refractivity contribution is 14.1. The molecule has 12 atom stereocenters. The van der Waals surface area contributed by atoms with Gasteiger partial charge < -0.3 is 82.4 Å². The van der Waals surface area contributed by atoms with Gasteiger partial charge in [-0.15, -0.1) is 0 Å². The molecule has 6 aliphatic carbocycles. The van der Waals surface area contributed by atoms with E-state index in [9.17, 15) is 15.3 Å². The topological polar surface area (TPSA) is 238 Å². The predicted molar refractivity (Wildman–Crippen MR) is 640 cm³/mol. The van der Waals surface area contributed by atoms with Crippen LogP contribution >= 0.6 is 86.3 Å². The van der Waals surface area contributed by atoms with Gasteiger partial charge in [-0.1, -0.05) is 178 Å². The van der Waals surface area contributed by atoms with Crippen molar-refractivity contribution in [1.82, 2.24) is 9.97 Å². The molecule has 150 heavy (non-hydrogen) atoms. The molecule has 6 fully saturated rings. The van der Waals surface area contributed by atoms with Crippen LogP contribution < -0.4 is 56.8 Å². The number of fused-ring (bicyclic) bond motifs is 10. The molecule has 836 valence electrons. The lowest BCUT2D eigenvalue weighted by atomic mass is 9.42. The number of aromatic nitrogens is 2. The number of aliphatic hydroxyl groups excluding tert-OH is 1. The Balaban J connectivity index is 0.000000214. The average molecular weight is 2450 g/mol. The van der Waals surface area contributed by atoms with Crippen molar-refractivity contribution in [2.24, 2.45) is 68.0 Å². The molecule has 0 bridgehead atoms. The molecule has 5 N–H and O–H groups in total. The largest absolute Gasteiger partial charge is 0.508 e. The molecular formula is C126H185Br4IN2O17. The van der Waals surface area contributed by atoms with Crippen molar-refractivity contribution in [3.8, 4) is 80.5 Å². The van der Waals surface area contributed by atoms with Crippen molar-refractivity contribution < 1.29 is 82.4 Å². The third kappa shape index (κ3) is 35.3. The molecule has 1 aliphatic heterocycles. The second-order valence-corrected chi connectivity index (χ2v) is 54.5. The molecule has 7 aliphatic rings. The van der Waals surface area contributed by atoms with E-state index in [2.05, 4.69) is 259 Å². The van der Waals surface area contributed by atoms with Crippen LogP contribution in [0.1, 0.15) is 332 Å². The zero-order chi connectivity index (χ0) is 112. The van der Waals surface area contributed by atoms with Gasteiger partial charge in [0, 0.05) is 135 Å². The van der Waals surface area contributed by atoms with E-state index >= 15 is 0 Å². The standard InChI is InChI=1S/C27H44O4.C27H42O3.C16H16N2.C15H28O2.C12H17BrO2.C12H17IO2.C8H9BrO2.C6H5BrO2.C3H7Br/c1-18(2)30-21-14-20(15-22(16-21)31-19(3)4)29-17-24-26(7)12-9-11-25(5,6)23(26)10-13-27(24,8)28;1-17(2)29-19-14-20-24(21(15-19)30-18(3)4)27(8)13-10-22-25(5,6)11-9-12-26(22,7)23(27)16-28-20;1-9-7-17-15-13(11(9)3)5-6-14-12(4)10(2)8-18-16(14)15;1-13(2)7-5-8-14(3)11(13)6-9-15(4,17)12(14)10-16;2*1-8(2)14-11-5-10(13)6-12(7-11)15-9(3)4;1-10-7-3-6(9)4-8(5-7)11-2;7-4-1-5(8)3-6(9)2-4;1-3(2)4/h14-16,18-19,23-24,28H,9-13,17H2,1-8H3;14-15,17-18,22-23H,9-13,16H2,1-8H3;5-8H,1-4H3;11-12,16-17H,5-10H2,1-4H3;2*5-9H,1-4H3;3-5H,1-2H3;1-3,8-9H;3H,1-2H3/t23-,24+,26-,27+;22-,23+,26-,27+;;11-,12+,14-,15+;;;;;/m00.0...../s1. The molecule has 2 aromatic heterocycles. The van der Waals surface area contributed by atoms with E-state index in [0.29, 0.717) is 55.3 Å². The molecule has 19 nitrogen and oxygen atoms in total. The van der Waals surface area contributed by atoms with Gasteiger partial charge in [-0.05, 0) is 373 Å². The van der Waals surface area contributed by atoms with E-state index in [-0.39, 0.29) is 95.0 Å². The lowest BCUT2D eigenvalue weighted by Gasteiger charge is -2.63. The van der Waals surface area contributed by atoms with Gasteiger partial charge >= 0.3 is 0 Å². The van der Waals surface area contributed by atoms with E-state index in [1.54, 1.807) is 14.2 Å².